The van der Waals surface area contributed by atoms with Crippen LogP contribution in [0, 0.1) is 0 Å². The maximum atomic E-state index is 6.62. The summed E-state index contributed by atoms with van der Waals surface area (Å²) in [5.41, 5.74) is 4.33. The Morgan fingerprint density at radius 2 is 1.09 bits per heavy atom. The predicted molar refractivity (Wildman–Crippen MR) is 179 cm³/mol. The van der Waals surface area contributed by atoms with Gasteiger partial charge in [0.15, 0.2) is 17.5 Å². The number of thiophene rings is 1. The summed E-state index contributed by atoms with van der Waals surface area (Å²) < 4.78 is 8.72. The first-order valence-electron chi connectivity index (χ1n) is 14.0. The molecule has 6 aromatic carbocycles. The molecule has 0 atom stereocenters. The van der Waals surface area contributed by atoms with Crippen LogP contribution in [0.1, 0.15) is 0 Å². The first-order chi connectivity index (χ1) is 21.2. The van der Waals surface area contributed by atoms with Gasteiger partial charge in [-0.25, -0.2) is 15.0 Å². The van der Waals surface area contributed by atoms with Crippen LogP contribution in [-0.2, 0) is 0 Å². The Labute approximate surface area is 254 Å². The molecule has 6 heteroatoms. The summed E-state index contributed by atoms with van der Waals surface area (Å²) in [6.07, 6.45) is 0. The van der Waals surface area contributed by atoms with Crippen LogP contribution in [0.5, 0.6) is 0 Å². The van der Waals surface area contributed by atoms with Crippen LogP contribution < -0.4 is 0 Å². The molecule has 43 heavy (non-hydrogen) atoms. The van der Waals surface area contributed by atoms with Crippen molar-refractivity contribution in [1.29, 1.82) is 0 Å². The Morgan fingerprint density at radius 3 is 1.91 bits per heavy atom. The minimum absolute atomic E-state index is 0.606. The van der Waals surface area contributed by atoms with Crippen LogP contribution in [0.4, 0.5) is 0 Å². The second-order valence-corrected chi connectivity index (χ2v) is 12.1. The third-order valence-corrected chi connectivity index (χ3v) is 9.44. The highest BCUT2D eigenvalue weighted by Gasteiger charge is 2.17. The second-order valence-electron chi connectivity index (χ2n) is 10.6. The molecule has 0 radical (unpaired) electrons. The van der Waals surface area contributed by atoms with Gasteiger partial charge in [0.1, 0.15) is 11.2 Å². The number of benzene rings is 6. The third-order valence-electron chi connectivity index (χ3n) is 7.99. The Balaban J connectivity index is 1.27. The van der Waals surface area contributed by atoms with E-state index >= 15 is 0 Å². The molecule has 0 saturated heterocycles. The third kappa shape index (κ3) is 3.93. The molecule has 3 heterocycles. The van der Waals surface area contributed by atoms with E-state index in [0.29, 0.717) is 22.5 Å². The summed E-state index contributed by atoms with van der Waals surface area (Å²) >= 11 is 8.40. The molecule has 0 aliphatic heterocycles. The topological polar surface area (TPSA) is 51.8 Å². The zero-order valence-corrected chi connectivity index (χ0v) is 24.2. The van der Waals surface area contributed by atoms with Crippen LogP contribution in [0.2, 0.25) is 5.02 Å². The highest BCUT2D eigenvalue weighted by molar-refractivity contribution is 7.25. The van der Waals surface area contributed by atoms with Gasteiger partial charge >= 0.3 is 0 Å². The highest BCUT2D eigenvalue weighted by atomic mass is 35.5. The predicted octanol–water partition coefficient (Wildman–Crippen LogP) is 10.9. The average molecular weight is 590 g/mol. The fraction of sp³-hybridized carbons (Fsp3) is 0. The Morgan fingerprint density at radius 1 is 0.465 bits per heavy atom. The van der Waals surface area contributed by atoms with Gasteiger partial charge in [-0.05, 0) is 35.7 Å². The van der Waals surface area contributed by atoms with E-state index in [9.17, 15) is 0 Å². The first kappa shape index (κ1) is 24.5. The molecule has 3 aromatic heterocycles. The lowest BCUT2D eigenvalue weighted by atomic mass is 10.0. The maximum Gasteiger partial charge on any atom is 0.164 e. The smallest absolute Gasteiger partial charge is 0.164 e. The lowest BCUT2D eigenvalue weighted by Crippen LogP contribution is -2.00. The number of nitrogens with zero attached hydrogens (tertiary/aromatic N) is 3. The number of rotatable bonds is 3. The number of aromatic nitrogens is 3. The molecule has 0 amide bonds. The minimum Gasteiger partial charge on any atom is -0.456 e. The van der Waals surface area contributed by atoms with Crippen molar-refractivity contribution in [3.63, 3.8) is 0 Å². The van der Waals surface area contributed by atoms with Crippen molar-refractivity contribution in [3.8, 4) is 34.2 Å². The molecule has 4 nitrogen and oxygen atoms in total. The number of hydrogen-bond acceptors (Lipinski definition) is 5. The number of halogens is 1. The molecule has 0 saturated carbocycles. The lowest BCUT2D eigenvalue weighted by molar-refractivity contribution is 0.669. The molecule has 9 aromatic rings. The van der Waals surface area contributed by atoms with Crippen LogP contribution >= 0.6 is 22.9 Å². The van der Waals surface area contributed by atoms with Crippen LogP contribution in [0.15, 0.2) is 126 Å². The van der Waals surface area contributed by atoms with Crippen molar-refractivity contribution in [1.82, 2.24) is 15.0 Å². The van der Waals surface area contributed by atoms with Crippen LogP contribution in [0.3, 0.4) is 0 Å². The molecular formula is C37H20ClN3OS. The van der Waals surface area contributed by atoms with Gasteiger partial charge in [0, 0.05) is 59.1 Å². The molecule has 0 N–H and O–H groups in total. The molecule has 9 rings (SSSR count). The first-order valence-corrected chi connectivity index (χ1v) is 15.2. The standard InChI is InChI=1S/C37H20ClN3OS/c38-29-20-31-34(27-12-5-4-10-24(27)29)28-18-22(15-17-30(28)42-31)36-39-35(21-8-2-1-3-9-21)40-37(41-36)23-14-16-26-25-11-6-7-13-32(25)43-33(26)19-23/h1-20H. The summed E-state index contributed by atoms with van der Waals surface area (Å²) in [6, 6.07) is 41.2. The molecule has 0 spiro atoms. The minimum atomic E-state index is 0.606. The largest absolute Gasteiger partial charge is 0.456 e. The van der Waals surface area contributed by atoms with Crippen molar-refractivity contribution >= 4 is 75.8 Å². The van der Waals surface area contributed by atoms with E-state index in [1.165, 1.54) is 20.2 Å². The molecule has 0 aliphatic rings. The normalized spacial score (nSPS) is 11.8. The van der Waals surface area contributed by atoms with E-state index < -0.39 is 0 Å². The van der Waals surface area contributed by atoms with E-state index in [4.69, 9.17) is 31.0 Å². The van der Waals surface area contributed by atoms with Gasteiger partial charge in [-0.1, -0.05) is 96.5 Å². The van der Waals surface area contributed by atoms with Crippen molar-refractivity contribution in [2.45, 2.75) is 0 Å². The molecule has 0 bridgehead atoms. The molecule has 0 fully saturated rings. The number of furan rings is 1. The fourth-order valence-electron chi connectivity index (χ4n) is 5.95. The summed E-state index contributed by atoms with van der Waals surface area (Å²) in [5.74, 6) is 1.87. The van der Waals surface area contributed by atoms with Crippen molar-refractivity contribution < 1.29 is 4.42 Å². The van der Waals surface area contributed by atoms with Gasteiger partial charge in [-0.3, -0.25) is 0 Å². The average Bonchev–Trinajstić information content (AvgIpc) is 3.62. The zero-order chi connectivity index (χ0) is 28.5. The number of hydrogen-bond donors (Lipinski definition) is 0. The SMILES string of the molecule is Clc1cc2oc3ccc(-c4nc(-c5ccccc5)nc(-c5ccc6c(c5)sc5ccccc56)n4)cc3c2c2ccccc12. The van der Waals surface area contributed by atoms with Crippen LogP contribution in [-0.4, -0.2) is 15.0 Å². The fourth-order valence-corrected chi connectivity index (χ4v) is 7.36. The van der Waals surface area contributed by atoms with E-state index in [1.54, 1.807) is 11.3 Å². The van der Waals surface area contributed by atoms with Gasteiger partial charge < -0.3 is 4.42 Å². The van der Waals surface area contributed by atoms with E-state index in [0.717, 1.165) is 49.4 Å². The van der Waals surface area contributed by atoms with Gasteiger partial charge in [0.05, 0.1) is 5.02 Å². The second kappa shape index (κ2) is 9.46. The van der Waals surface area contributed by atoms with Gasteiger partial charge in [-0.2, -0.15) is 0 Å². The zero-order valence-electron chi connectivity index (χ0n) is 22.6. The summed E-state index contributed by atoms with van der Waals surface area (Å²) in [6.45, 7) is 0. The van der Waals surface area contributed by atoms with E-state index in [1.807, 2.05) is 66.7 Å². The molecule has 0 unspecified atom stereocenters. The summed E-state index contributed by atoms with van der Waals surface area (Å²) in [7, 11) is 0. The Kier molecular flexibility index (Phi) is 5.39. The molecule has 202 valence electrons. The Bertz CT molecular complexity index is 2530. The van der Waals surface area contributed by atoms with Crippen LogP contribution in [0.25, 0.3) is 87.0 Å². The highest BCUT2D eigenvalue weighted by Crippen LogP contribution is 2.40. The van der Waals surface area contributed by atoms with E-state index in [-0.39, 0.29) is 0 Å². The Hall–Kier alpha value is -5.10. The van der Waals surface area contributed by atoms with Gasteiger partial charge in [-0.15, -0.1) is 11.3 Å². The number of fused-ring (bicyclic) bond motifs is 8. The monoisotopic (exact) mass is 589 g/mol. The maximum absolute atomic E-state index is 6.62. The van der Waals surface area contributed by atoms with Gasteiger partial charge in [0.25, 0.3) is 0 Å². The van der Waals surface area contributed by atoms with Crippen molar-refractivity contribution in [3.05, 3.63) is 126 Å². The summed E-state index contributed by atoms with van der Waals surface area (Å²) in [5, 5.41) is 7.26. The van der Waals surface area contributed by atoms with Crippen molar-refractivity contribution in [2.24, 2.45) is 0 Å². The van der Waals surface area contributed by atoms with Gasteiger partial charge in [0.2, 0.25) is 0 Å². The van der Waals surface area contributed by atoms with Crippen molar-refractivity contribution in [2.75, 3.05) is 0 Å². The molecular weight excluding hydrogens is 570 g/mol. The van der Waals surface area contributed by atoms with E-state index in [2.05, 4.69) is 54.6 Å². The summed E-state index contributed by atoms with van der Waals surface area (Å²) in [4.78, 5) is 15.0. The lowest BCUT2D eigenvalue weighted by Gasteiger charge is -2.09. The molecule has 0 aliphatic carbocycles. The quantitative estimate of drug-likeness (QED) is 0.206.